The third-order valence-electron chi connectivity index (χ3n) is 5.78. The van der Waals surface area contributed by atoms with Crippen LogP contribution in [0.25, 0.3) is 0 Å². The Hall–Kier alpha value is -2.41. The van der Waals surface area contributed by atoms with Gasteiger partial charge in [0.2, 0.25) is 17.7 Å². The summed E-state index contributed by atoms with van der Waals surface area (Å²) in [5.41, 5.74) is 0.801. The summed E-state index contributed by atoms with van der Waals surface area (Å²) in [6.45, 7) is 1.94. The second kappa shape index (κ2) is 11.0. The first-order valence-corrected chi connectivity index (χ1v) is 10.7. The maximum Gasteiger partial charge on any atom is 0.239 e. The Morgan fingerprint density at radius 1 is 0.897 bits per heavy atom. The van der Waals surface area contributed by atoms with Crippen LogP contribution in [0.15, 0.2) is 30.3 Å². The van der Waals surface area contributed by atoms with Crippen molar-refractivity contribution in [2.45, 2.75) is 51.0 Å². The van der Waals surface area contributed by atoms with Crippen LogP contribution >= 0.6 is 0 Å². The number of likely N-dealkylation sites (tertiary alicyclic amines) is 1. The fourth-order valence-corrected chi connectivity index (χ4v) is 4.12. The molecule has 0 unspecified atom stereocenters. The van der Waals surface area contributed by atoms with Gasteiger partial charge in [-0.3, -0.25) is 19.3 Å². The number of amides is 3. The van der Waals surface area contributed by atoms with Gasteiger partial charge in [0.05, 0.1) is 13.1 Å². The number of benzene rings is 1. The molecule has 2 aliphatic rings. The maximum absolute atomic E-state index is 12.2. The summed E-state index contributed by atoms with van der Waals surface area (Å²) >= 11 is 0. The van der Waals surface area contributed by atoms with E-state index in [2.05, 4.69) is 20.9 Å². The van der Waals surface area contributed by atoms with Crippen LogP contribution in [-0.4, -0.2) is 54.8 Å². The van der Waals surface area contributed by atoms with Crippen molar-refractivity contribution in [3.63, 3.8) is 0 Å². The van der Waals surface area contributed by atoms with Crippen LogP contribution in [0.4, 0.5) is 5.69 Å². The van der Waals surface area contributed by atoms with E-state index in [0.29, 0.717) is 6.54 Å². The van der Waals surface area contributed by atoms with E-state index in [4.69, 9.17) is 0 Å². The molecule has 1 aromatic carbocycles. The highest BCUT2D eigenvalue weighted by Gasteiger charge is 2.24. The Kier molecular flexibility index (Phi) is 8.04. The minimum Gasteiger partial charge on any atom is -0.352 e. The quantitative estimate of drug-likeness (QED) is 0.652. The van der Waals surface area contributed by atoms with Gasteiger partial charge in [0.1, 0.15) is 0 Å². The molecular weight excluding hydrogens is 368 g/mol. The first-order chi connectivity index (χ1) is 14.1. The van der Waals surface area contributed by atoms with Crippen molar-refractivity contribution in [2.24, 2.45) is 5.92 Å². The molecule has 0 bridgehead atoms. The molecule has 1 aromatic rings. The highest BCUT2D eigenvalue weighted by atomic mass is 16.2. The molecule has 1 heterocycles. The zero-order chi connectivity index (χ0) is 20.5. The molecule has 1 aliphatic carbocycles. The number of carbonyl (C=O) groups excluding carboxylic acids is 3. The molecule has 7 nitrogen and oxygen atoms in total. The molecule has 0 radical (unpaired) electrons. The lowest BCUT2D eigenvalue weighted by molar-refractivity contribution is -0.129. The van der Waals surface area contributed by atoms with E-state index in [-0.39, 0.29) is 36.2 Å². The minimum atomic E-state index is -0.130. The SMILES string of the molecule is O=C(CN1CCC(NC(=O)CNC(=O)C2CCCCC2)CC1)Nc1ccccc1. The summed E-state index contributed by atoms with van der Waals surface area (Å²) in [6, 6.07) is 9.53. The minimum absolute atomic E-state index is 0.0131. The molecular formula is C22H32N4O3. The van der Waals surface area contributed by atoms with E-state index in [1.54, 1.807) is 0 Å². The second-order valence-electron chi connectivity index (χ2n) is 8.08. The fourth-order valence-electron chi connectivity index (χ4n) is 4.12. The molecule has 3 rings (SSSR count). The number of nitrogens with zero attached hydrogens (tertiary/aromatic N) is 1. The van der Waals surface area contributed by atoms with Gasteiger partial charge in [-0.25, -0.2) is 0 Å². The van der Waals surface area contributed by atoms with Crippen molar-refractivity contribution < 1.29 is 14.4 Å². The van der Waals surface area contributed by atoms with Crippen LogP contribution in [0.2, 0.25) is 0 Å². The summed E-state index contributed by atoms with van der Waals surface area (Å²) in [5.74, 6) is -0.0699. The molecule has 7 heteroatoms. The van der Waals surface area contributed by atoms with Crippen LogP contribution < -0.4 is 16.0 Å². The lowest BCUT2D eigenvalue weighted by atomic mass is 9.89. The van der Waals surface area contributed by atoms with Crippen molar-refractivity contribution in [1.82, 2.24) is 15.5 Å². The zero-order valence-electron chi connectivity index (χ0n) is 17.0. The van der Waals surface area contributed by atoms with E-state index in [9.17, 15) is 14.4 Å². The van der Waals surface area contributed by atoms with E-state index in [1.165, 1.54) is 6.42 Å². The molecule has 1 saturated carbocycles. The third-order valence-corrected chi connectivity index (χ3v) is 5.78. The van der Waals surface area contributed by atoms with E-state index in [1.807, 2.05) is 30.3 Å². The molecule has 0 spiro atoms. The number of piperidine rings is 1. The normalized spacial score (nSPS) is 18.8. The largest absolute Gasteiger partial charge is 0.352 e. The number of anilines is 1. The van der Waals surface area contributed by atoms with Crippen LogP contribution in [0.1, 0.15) is 44.9 Å². The number of para-hydroxylation sites is 1. The average Bonchev–Trinajstić information content (AvgIpc) is 2.75. The summed E-state index contributed by atoms with van der Waals surface area (Å²) in [7, 11) is 0. The number of carbonyl (C=O) groups is 3. The number of rotatable bonds is 7. The van der Waals surface area contributed by atoms with E-state index in [0.717, 1.165) is 57.3 Å². The molecule has 29 heavy (non-hydrogen) atoms. The van der Waals surface area contributed by atoms with Gasteiger partial charge in [0.15, 0.2) is 0 Å². The van der Waals surface area contributed by atoms with Crippen molar-refractivity contribution in [3.8, 4) is 0 Å². The van der Waals surface area contributed by atoms with Gasteiger partial charge in [-0.1, -0.05) is 37.5 Å². The van der Waals surface area contributed by atoms with Gasteiger partial charge in [-0.05, 0) is 37.8 Å². The standard InChI is InChI=1S/C22H32N4O3/c27-20(15-23-22(29)17-7-3-1-4-8-17)24-19-11-13-26(14-12-19)16-21(28)25-18-9-5-2-6-10-18/h2,5-6,9-10,17,19H,1,3-4,7-8,11-16H2,(H,23,29)(H,24,27)(H,25,28). The first-order valence-electron chi connectivity index (χ1n) is 10.7. The van der Waals surface area contributed by atoms with Crippen molar-refractivity contribution >= 4 is 23.4 Å². The van der Waals surface area contributed by atoms with Crippen molar-refractivity contribution in [3.05, 3.63) is 30.3 Å². The second-order valence-corrected chi connectivity index (χ2v) is 8.08. The molecule has 2 fully saturated rings. The number of hydrogen-bond donors (Lipinski definition) is 3. The lowest BCUT2D eigenvalue weighted by Gasteiger charge is -2.32. The Morgan fingerprint density at radius 2 is 1.59 bits per heavy atom. The first kappa shape index (κ1) is 21.3. The van der Waals surface area contributed by atoms with E-state index >= 15 is 0 Å². The average molecular weight is 401 g/mol. The fraction of sp³-hybridized carbons (Fsp3) is 0.591. The molecule has 0 atom stereocenters. The highest BCUT2D eigenvalue weighted by molar-refractivity contribution is 5.92. The molecule has 3 amide bonds. The van der Waals surface area contributed by atoms with Gasteiger partial charge in [-0.15, -0.1) is 0 Å². The smallest absolute Gasteiger partial charge is 0.239 e. The van der Waals surface area contributed by atoms with E-state index < -0.39 is 0 Å². The van der Waals surface area contributed by atoms with Crippen molar-refractivity contribution in [2.75, 3.05) is 31.5 Å². The van der Waals surface area contributed by atoms with Gasteiger partial charge >= 0.3 is 0 Å². The van der Waals surface area contributed by atoms with Gasteiger partial charge in [0, 0.05) is 30.7 Å². The van der Waals surface area contributed by atoms with Gasteiger partial charge in [-0.2, -0.15) is 0 Å². The predicted octanol–water partition coefficient (Wildman–Crippen LogP) is 1.90. The maximum atomic E-state index is 12.2. The number of hydrogen-bond acceptors (Lipinski definition) is 4. The van der Waals surface area contributed by atoms with Crippen molar-refractivity contribution in [1.29, 1.82) is 0 Å². The summed E-state index contributed by atoms with van der Waals surface area (Å²) in [4.78, 5) is 38.6. The highest BCUT2D eigenvalue weighted by Crippen LogP contribution is 2.23. The lowest BCUT2D eigenvalue weighted by Crippen LogP contribution is -2.49. The summed E-state index contributed by atoms with van der Waals surface area (Å²) < 4.78 is 0. The topological polar surface area (TPSA) is 90.5 Å². The number of nitrogens with one attached hydrogen (secondary N) is 3. The third kappa shape index (κ3) is 7.16. The predicted molar refractivity (Wildman–Crippen MR) is 112 cm³/mol. The molecule has 1 saturated heterocycles. The van der Waals surface area contributed by atoms with Crippen LogP contribution in [0, 0.1) is 5.92 Å². The Bertz CT molecular complexity index is 681. The van der Waals surface area contributed by atoms with Crippen LogP contribution in [0.3, 0.4) is 0 Å². The molecule has 158 valence electrons. The van der Waals surface area contributed by atoms with Gasteiger partial charge in [0.25, 0.3) is 0 Å². The molecule has 3 N–H and O–H groups in total. The molecule has 0 aromatic heterocycles. The Balaban J connectivity index is 1.30. The molecule has 1 aliphatic heterocycles. The zero-order valence-corrected chi connectivity index (χ0v) is 17.0. The van der Waals surface area contributed by atoms with Gasteiger partial charge < -0.3 is 16.0 Å². The Morgan fingerprint density at radius 3 is 2.28 bits per heavy atom. The Labute approximate surface area is 172 Å². The summed E-state index contributed by atoms with van der Waals surface area (Å²) in [5, 5.41) is 8.69. The monoisotopic (exact) mass is 400 g/mol. The van der Waals surface area contributed by atoms with Crippen LogP contribution in [0.5, 0.6) is 0 Å². The summed E-state index contributed by atoms with van der Waals surface area (Å²) in [6.07, 6.45) is 6.89. The van der Waals surface area contributed by atoms with Crippen LogP contribution in [-0.2, 0) is 14.4 Å².